The molecule has 3 aliphatic carbocycles. The van der Waals surface area contributed by atoms with Crippen molar-refractivity contribution in [3.05, 3.63) is 71.3 Å². The Kier molecular flexibility index (Phi) is 6.88. The van der Waals surface area contributed by atoms with Gasteiger partial charge in [-0.15, -0.1) is 0 Å². The van der Waals surface area contributed by atoms with Crippen LogP contribution in [0.2, 0.25) is 0 Å². The molecule has 3 saturated carbocycles. The Morgan fingerprint density at radius 2 is 1.64 bits per heavy atom. The number of hydrogen-bond donors (Lipinski definition) is 1. The summed E-state index contributed by atoms with van der Waals surface area (Å²) < 4.78 is 0. The first-order chi connectivity index (χ1) is 18.7. The standard InChI is InChI=1S/C35H46N2O2/c1-23-10-12-24(13-11-23)22-30(25-8-6-5-7-9-25)36-33(39)29-16-15-27-26-14-17-31-35(3,21-19-32(38)37(31)4)28(26)18-20-34(27,29)2/h5-13,26-31H,14-22H2,1-4H3,(H,36,39)/t26-,27-,28-,29+,30-,31+,34-,35+/m0/s1. The minimum absolute atomic E-state index is 0.0231. The molecule has 39 heavy (non-hydrogen) atoms. The normalized spacial score (nSPS) is 36.5. The van der Waals surface area contributed by atoms with Crippen LogP contribution in [0.4, 0.5) is 0 Å². The molecule has 1 heterocycles. The van der Waals surface area contributed by atoms with Crippen LogP contribution in [0.5, 0.6) is 0 Å². The van der Waals surface area contributed by atoms with Gasteiger partial charge in [0.2, 0.25) is 11.8 Å². The Balaban J connectivity index is 1.21. The lowest BCUT2D eigenvalue weighted by molar-refractivity contribution is -0.159. The molecule has 0 spiro atoms. The molecule has 0 bridgehead atoms. The first-order valence-electron chi connectivity index (χ1n) is 15.4. The van der Waals surface area contributed by atoms with Crippen LogP contribution >= 0.6 is 0 Å². The number of likely N-dealkylation sites (tertiary alicyclic amines) is 1. The molecule has 1 saturated heterocycles. The van der Waals surface area contributed by atoms with Gasteiger partial charge in [-0.1, -0.05) is 74.0 Å². The number of nitrogens with zero attached hydrogens (tertiary/aromatic N) is 1. The Bertz CT molecular complexity index is 1210. The quantitative estimate of drug-likeness (QED) is 0.462. The van der Waals surface area contributed by atoms with Gasteiger partial charge in [0.15, 0.2) is 0 Å². The Hall–Kier alpha value is -2.62. The molecule has 0 radical (unpaired) electrons. The molecule has 6 rings (SSSR count). The lowest BCUT2D eigenvalue weighted by Crippen LogP contribution is -2.61. The zero-order valence-corrected chi connectivity index (χ0v) is 24.3. The van der Waals surface area contributed by atoms with Gasteiger partial charge in [-0.2, -0.15) is 0 Å². The van der Waals surface area contributed by atoms with E-state index >= 15 is 0 Å². The Labute approximate surface area is 234 Å². The van der Waals surface area contributed by atoms with E-state index in [-0.39, 0.29) is 28.7 Å². The number of fused-ring (bicyclic) bond motifs is 5. The number of carbonyl (C=O) groups is 2. The van der Waals surface area contributed by atoms with Crippen molar-refractivity contribution in [2.45, 2.75) is 90.6 Å². The number of nitrogens with one attached hydrogen (secondary N) is 1. The highest BCUT2D eigenvalue weighted by molar-refractivity contribution is 5.80. The van der Waals surface area contributed by atoms with E-state index in [2.05, 4.69) is 79.5 Å². The number of amides is 2. The first kappa shape index (κ1) is 26.6. The summed E-state index contributed by atoms with van der Waals surface area (Å²) in [5.74, 6) is 2.62. The van der Waals surface area contributed by atoms with Crippen molar-refractivity contribution in [3.8, 4) is 0 Å². The first-order valence-corrected chi connectivity index (χ1v) is 15.4. The molecular formula is C35H46N2O2. The van der Waals surface area contributed by atoms with E-state index in [9.17, 15) is 9.59 Å². The Morgan fingerprint density at radius 1 is 0.923 bits per heavy atom. The molecule has 208 valence electrons. The highest BCUT2D eigenvalue weighted by atomic mass is 16.2. The lowest BCUT2D eigenvalue weighted by Gasteiger charge is -2.61. The average Bonchev–Trinajstić information content (AvgIpc) is 3.30. The number of rotatable bonds is 5. The van der Waals surface area contributed by atoms with Gasteiger partial charge >= 0.3 is 0 Å². The maximum absolute atomic E-state index is 14.1. The second-order valence-electron chi connectivity index (χ2n) is 13.8. The third kappa shape index (κ3) is 4.52. The summed E-state index contributed by atoms with van der Waals surface area (Å²) in [5, 5.41) is 3.55. The van der Waals surface area contributed by atoms with Crippen molar-refractivity contribution in [1.29, 1.82) is 0 Å². The minimum atomic E-state index is -0.0231. The zero-order chi connectivity index (χ0) is 27.4. The average molecular weight is 527 g/mol. The number of aryl methyl sites for hydroxylation is 1. The lowest BCUT2D eigenvalue weighted by atomic mass is 9.47. The summed E-state index contributed by atoms with van der Waals surface area (Å²) >= 11 is 0. The largest absolute Gasteiger partial charge is 0.349 e. The SMILES string of the molecule is Cc1ccc(C[C@H](NC(=O)[C@H]2CC[C@H]3[C@@H]4CC[C@H]5N(C)C(=O)CC[C@]5(C)[C@H]4CC[C@]23C)c2ccccc2)cc1. The number of benzene rings is 2. The van der Waals surface area contributed by atoms with Gasteiger partial charge in [-0.3, -0.25) is 9.59 Å². The molecule has 4 heteroatoms. The monoisotopic (exact) mass is 526 g/mol. The highest BCUT2D eigenvalue weighted by Crippen LogP contribution is 2.66. The molecule has 4 fully saturated rings. The molecule has 2 amide bonds. The summed E-state index contributed by atoms with van der Waals surface area (Å²) in [6.07, 6.45) is 9.36. The second-order valence-corrected chi connectivity index (χ2v) is 13.8. The molecule has 2 aromatic carbocycles. The number of carbonyl (C=O) groups excluding carboxylic acids is 2. The van der Waals surface area contributed by atoms with Crippen LogP contribution in [0.25, 0.3) is 0 Å². The van der Waals surface area contributed by atoms with Gasteiger partial charge in [0.1, 0.15) is 0 Å². The van der Waals surface area contributed by atoms with Gasteiger partial charge in [0.25, 0.3) is 0 Å². The van der Waals surface area contributed by atoms with Crippen LogP contribution < -0.4 is 5.32 Å². The fourth-order valence-corrected chi connectivity index (χ4v) is 9.75. The molecule has 0 aromatic heterocycles. The van der Waals surface area contributed by atoms with Crippen molar-refractivity contribution in [2.24, 2.45) is 34.5 Å². The predicted molar refractivity (Wildman–Crippen MR) is 156 cm³/mol. The van der Waals surface area contributed by atoms with E-state index in [1.165, 1.54) is 36.0 Å². The van der Waals surface area contributed by atoms with E-state index in [0.29, 0.717) is 36.1 Å². The van der Waals surface area contributed by atoms with Crippen molar-refractivity contribution in [2.75, 3.05) is 7.05 Å². The van der Waals surface area contributed by atoms with Crippen LogP contribution in [-0.4, -0.2) is 29.8 Å². The van der Waals surface area contributed by atoms with Gasteiger partial charge < -0.3 is 10.2 Å². The third-order valence-electron chi connectivity index (χ3n) is 12.0. The fraction of sp³-hybridized carbons (Fsp3) is 0.600. The summed E-state index contributed by atoms with van der Waals surface area (Å²) in [6, 6.07) is 19.6. The van der Waals surface area contributed by atoms with Gasteiger partial charge in [-0.05, 0) is 98.0 Å². The maximum Gasteiger partial charge on any atom is 0.224 e. The molecule has 1 N–H and O–H groups in total. The number of hydrogen-bond acceptors (Lipinski definition) is 2. The van der Waals surface area contributed by atoms with Crippen LogP contribution in [0, 0.1) is 41.4 Å². The zero-order valence-electron chi connectivity index (χ0n) is 24.3. The summed E-state index contributed by atoms with van der Waals surface area (Å²) in [5.41, 5.74) is 3.98. The summed E-state index contributed by atoms with van der Waals surface area (Å²) in [4.78, 5) is 28.7. The van der Waals surface area contributed by atoms with E-state index < -0.39 is 0 Å². The van der Waals surface area contributed by atoms with Gasteiger partial charge in [0.05, 0.1) is 6.04 Å². The molecular weight excluding hydrogens is 480 g/mol. The van der Waals surface area contributed by atoms with E-state index in [1.54, 1.807) is 0 Å². The van der Waals surface area contributed by atoms with Crippen LogP contribution in [0.3, 0.4) is 0 Å². The molecule has 2 aromatic rings. The van der Waals surface area contributed by atoms with E-state index in [0.717, 1.165) is 32.1 Å². The fourth-order valence-electron chi connectivity index (χ4n) is 9.75. The molecule has 4 nitrogen and oxygen atoms in total. The third-order valence-corrected chi connectivity index (χ3v) is 12.0. The van der Waals surface area contributed by atoms with Crippen molar-refractivity contribution < 1.29 is 9.59 Å². The topological polar surface area (TPSA) is 49.4 Å². The van der Waals surface area contributed by atoms with Gasteiger partial charge in [-0.25, -0.2) is 0 Å². The van der Waals surface area contributed by atoms with E-state index in [4.69, 9.17) is 0 Å². The molecule has 4 aliphatic rings. The van der Waals surface area contributed by atoms with Crippen LogP contribution in [-0.2, 0) is 16.0 Å². The summed E-state index contributed by atoms with van der Waals surface area (Å²) in [7, 11) is 2.04. The molecule has 0 unspecified atom stereocenters. The molecule has 1 aliphatic heterocycles. The maximum atomic E-state index is 14.1. The number of piperidine rings is 1. The minimum Gasteiger partial charge on any atom is -0.349 e. The summed E-state index contributed by atoms with van der Waals surface area (Å²) in [6.45, 7) is 7.04. The van der Waals surface area contributed by atoms with Crippen molar-refractivity contribution >= 4 is 11.8 Å². The second kappa shape index (κ2) is 10.1. The van der Waals surface area contributed by atoms with Crippen molar-refractivity contribution in [1.82, 2.24) is 10.2 Å². The van der Waals surface area contributed by atoms with E-state index in [1.807, 2.05) is 13.1 Å². The highest BCUT2D eigenvalue weighted by Gasteiger charge is 2.62. The van der Waals surface area contributed by atoms with Gasteiger partial charge in [0, 0.05) is 25.4 Å². The van der Waals surface area contributed by atoms with Crippen molar-refractivity contribution in [3.63, 3.8) is 0 Å². The smallest absolute Gasteiger partial charge is 0.224 e. The predicted octanol–water partition coefficient (Wildman–Crippen LogP) is 6.87. The Morgan fingerprint density at radius 3 is 2.38 bits per heavy atom. The van der Waals surface area contributed by atoms with Crippen LogP contribution in [0.1, 0.15) is 87.9 Å². The van der Waals surface area contributed by atoms with Crippen LogP contribution in [0.15, 0.2) is 54.6 Å². The molecule has 8 atom stereocenters.